The predicted octanol–water partition coefficient (Wildman–Crippen LogP) is 5.72. The van der Waals surface area contributed by atoms with Gasteiger partial charge < -0.3 is 4.74 Å². The standard InChI is InChI=1S/C25H21N3O4S/c1-17-7-11-20(12-8-17)26-25-27(2)24(29)23(33-25)15-19-5-3-4-6-22(19)32-16-18-9-13-21(14-10-18)28(30)31/h3-15H,16H2,1-2H3/b23-15+,26-25?. The molecule has 0 spiro atoms. The summed E-state index contributed by atoms with van der Waals surface area (Å²) < 4.78 is 5.95. The summed E-state index contributed by atoms with van der Waals surface area (Å²) in [5, 5.41) is 11.4. The van der Waals surface area contributed by atoms with Crippen LogP contribution in [0.3, 0.4) is 0 Å². The maximum absolute atomic E-state index is 12.8. The van der Waals surface area contributed by atoms with E-state index in [1.165, 1.54) is 28.8 Å². The summed E-state index contributed by atoms with van der Waals surface area (Å²) in [6.45, 7) is 2.26. The van der Waals surface area contributed by atoms with E-state index in [1.807, 2.05) is 55.5 Å². The number of rotatable bonds is 6. The summed E-state index contributed by atoms with van der Waals surface area (Å²) in [4.78, 5) is 29.9. The van der Waals surface area contributed by atoms with Gasteiger partial charge in [0.25, 0.3) is 11.6 Å². The zero-order valence-electron chi connectivity index (χ0n) is 18.1. The Hall–Kier alpha value is -3.91. The van der Waals surface area contributed by atoms with Crippen molar-refractivity contribution in [3.63, 3.8) is 0 Å². The second kappa shape index (κ2) is 9.70. The van der Waals surface area contributed by atoms with E-state index < -0.39 is 4.92 Å². The third kappa shape index (κ3) is 5.30. The minimum Gasteiger partial charge on any atom is -0.488 e. The number of aryl methyl sites for hydroxylation is 1. The molecule has 0 saturated carbocycles. The fourth-order valence-corrected chi connectivity index (χ4v) is 4.11. The fourth-order valence-electron chi connectivity index (χ4n) is 3.13. The molecule has 166 valence electrons. The maximum Gasteiger partial charge on any atom is 0.269 e. The van der Waals surface area contributed by atoms with E-state index in [-0.39, 0.29) is 18.2 Å². The molecule has 7 nitrogen and oxygen atoms in total. The Morgan fingerprint density at radius 2 is 1.76 bits per heavy atom. The number of amides is 1. The third-order valence-electron chi connectivity index (χ3n) is 5.01. The van der Waals surface area contributed by atoms with Gasteiger partial charge in [-0.25, -0.2) is 4.99 Å². The lowest BCUT2D eigenvalue weighted by atomic mass is 10.1. The second-order valence-electron chi connectivity index (χ2n) is 7.45. The van der Waals surface area contributed by atoms with Gasteiger partial charge in [0.1, 0.15) is 12.4 Å². The predicted molar refractivity (Wildman–Crippen MR) is 130 cm³/mol. The number of hydrogen-bond acceptors (Lipinski definition) is 6. The van der Waals surface area contributed by atoms with Gasteiger partial charge in [-0.15, -0.1) is 0 Å². The molecule has 1 heterocycles. The normalized spacial score (nSPS) is 15.9. The average molecular weight is 460 g/mol. The number of benzene rings is 3. The summed E-state index contributed by atoms with van der Waals surface area (Å²) in [5.74, 6) is 0.486. The molecule has 0 aliphatic carbocycles. The van der Waals surface area contributed by atoms with Crippen LogP contribution in [-0.4, -0.2) is 27.9 Å². The van der Waals surface area contributed by atoms with Gasteiger partial charge in [-0.05, 0) is 60.7 Å². The molecule has 0 radical (unpaired) electrons. The van der Waals surface area contributed by atoms with E-state index >= 15 is 0 Å². The van der Waals surface area contributed by atoms with Crippen molar-refractivity contribution in [3.8, 4) is 5.75 Å². The smallest absolute Gasteiger partial charge is 0.269 e. The fraction of sp³-hybridized carbons (Fsp3) is 0.120. The third-order valence-corrected chi connectivity index (χ3v) is 6.07. The number of thioether (sulfide) groups is 1. The molecule has 1 saturated heterocycles. The number of para-hydroxylation sites is 1. The Labute approximate surface area is 195 Å². The highest BCUT2D eigenvalue weighted by atomic mass is 32.2. The quantitative estimate of drug-likeness (QED) is 0.268. The second-order valence-corrected chi connectivity index (χ2v) is 8.46. The number of nitrogens with zero attached hydrogens (tertiary/aromatic N) is 3. The first kappa shape index (κ1) is 22.3. The Bertz CT molecular complexity index is 1250. The van der Waals surface area contributed by atoms with Crippen LogP contribution in [0.1, 0.15) is 16.7 Å². The van der Waals surface area contributed by atoms with Gasteiger partial charge in [0.05, 0.1) is 15.5 Å². The van der Waals surface area contributed by atoms with Crippen molar-refractivity contribution in [2.75, 3.05) is 7.05 Å². The molecule has 0 unspecified atom stereocenters. The number of non-ortho nitro benzene ring substituents is 1. The monoisotopic (exact) mass is 459 g/mol. The summed E-state index contributed by atoms with van der Waals surface area (Å²) in [7, 11) is 1.71. The van der Waals surface area contributed by atoms with Crippen molar-refractivity contribution >= 4 is 40.3 Å². The van der Waals surface area contributed by atoms with E-state index in [2.05, 4.69) is 4.99 Å². The Morgan fingerprint density at radius 1 is 1.06 bits per heavy atom. The molecular weight excluding hydrogens is 438 g/mol. The van der Waals surface area contributed by atoms with Gasteiger partial charge >= 0.3 is 0 Å². The van der Waals surface area contributed by atoms with Crippen LogP contribution >= 0.6 is 11.8 Å². The lowest BCUT2D eigenvalue weighted by molar-refractivity contribution is -0.384. The first-order valence-electron chi connectivity index (χ1n) is 10.2. The van der Waals surface area contributed by atoms with Crippen molar-refractivity contribution in [2.45, 2.75) is 13.5 Å². The molecule has 4 rings (SSSR count). The topological polar surface area (TPSA) is 85.0 Å². The number of ether oxygens (including phenoxy) is 1. The van der Waals surface area contributed by atoms with Crippen molar-refractivity contribution in [1.29, 1.82) is 0 Å². The molecule has 0 N–H and O–H groups in total. The number of carbonyl (C=O) groups is 1. The Kier molecular flexibility index (Phi) is 6.55. The summed E-state index contributed by atoms with van der Waals surface area (Å²) in [6, 6.07) is 21.5. The van der Waals surface area contributed by atoms with Gasteiger partial charge in [0, 0.05) is 24.7 Å². The molecule has 0 aromatic heterocycles. The molecule has 1 aliphatic heterocycles. The van der Waals surface area contributed by atoms with Gasteiger partial charge in [-0.3, -0.25) is 19.8 Å². The Morgan fingerprint density at radius 3 is 2.45 bits per heavy atom. The lowest BCUT2D eigenvalue weighted by Crippen LogP contribution is -2.23. The van der Waals surface area contributed by atoms with Gasteiger partial charge in [-0.1, -0.05) is 35.9 Å². The van der Waals surface area contributed by atoms with Gasteiger partial charge in [-0.2, -0.15) is 0 Å². The summed E-state index contributed by atoms with van der Waals surface area (Å²) >= 11 is 1.32. The zero-order chi connectivity index (χ0) is 23.4. The maximum atomic E-state index is 12.8. The highest BCUT2D eigenvalue weighted by Gasteiger charge is 2.30. The van der Waals surface area contributed by atoms with Crippen molar-refractivity contribution in [2.24, 2.45) is 4.99 Å². The number of nitro benzene ring substituents is 1. The van der Waals surface area contributed by atoms with Crippen LogP contribution in [-0.2, 0) is 11.4 Å². The van der Waals surface area contributed by atoms with Gasteiger partial charge in [0.15, 0.2) is 5.17 Å². The summed E-state index contributed by atoms with van der Waals surface area (Å²) in [6.07, 6.45) is 1.80. The zero-order valence-corrected chi connectivity index (χ0v) is 18.9. The van der Waals surface area contributed by atoms with Crippen LogP contribution in [0.2, 0.25) is 0 Å². The molecule has 1 amide bonds. The SMILES string of the molecule is Cc1ccc(N=C2S/C(=C/c3ccccc3OCc3ccc([N+](=O)[O-])cc3)C(=O)N2C)cc1. The van der Waals surface area contributed by atoms with Crippen LogP contribution in [0, 0.1) is 17.0 Å². The number of likely N-dealkylation sites (N-methyl/N-ethyl adjacent to an activating group) is 1. The first-order chi connectivity index (χ1) is 15.9. The number of aliphatic imine (C=N–C) groups is 1. The number of nitro groups is 1. The van der Waals surface area contributed by atoms with Crippen LogP contribution in [0.4, 0.5) is 11.4 Å². The minimum absolute atomic E-state index is 0.0351. The molecule has 1 fully saturated rings. The molecule has 3 aromatic rings. The average Bonchev–Trinajstić information content (AvgIpc) is 3.08. The van der Waals surface area contributed by atoms with Crippen molar-refractivity contribution in [1.82, 2.24) is 4.90 Å². The largest absolute Gasteiger partial charge is 0.488 e. The van der Waals surface area contributed by atoms with Crippen LogP contribution in [0.5, 0.6) is 5.75 Å². The molecule has 8 heteroatoms. The van der Waals surface area contributed by atoms with E-state index in [0.29, 0.717) is 15.8 Å². The molecule has 0 atom stereocenters. The lowest BCUT2D eigenvalue weighted by Gasteiger charge is -2.10. The van der Waals surface area contributed by atoms with Crippen LogP contribution in [0.25, 0.3) is 6.08 Å². The minimum atomic E-state index is -0.435. The Balaban J connectivity index is 1.52. The van der Waals surface area contributed by atoms with E-state index in [4.69, 9.17) is 4.74 Å². The van der Waals surface area contributed by atoms with E-state index in [9.17, 15) is 14.9 Å². The van der Waals surface area contributed by atoms with E-state index in [0.717, 1.165) is 22.4 Å². The summed E-state index contributed by atoms with van der Waals surface area (Å²) in [5.41, 5.74) is 3.54. The molecule has 0 bridgehead atoms. The van der Waals surface area contributed by atoms with Crippen LogP contribution in [0.15, 0.2) is 82.7 Å². The number of hydrogen-bond donors (Lipinski definition) is 0. The molecule has 33 heavy (non-hydrogen) atoms. The first-order valence-corrected chi connectivity index (χ1v) is 11.0. The highest BCUT2D eigenvalue weighted by Crippen LogP contribution is 2.34. The van der Waals surface area contributed by atoms with E-state index in [1.54, 1.807) is 25.3 Å². The van der Waals surface area contributed by atoms with Gasteiger partial charge in [0.2, 0.25) is 0 Å². The van der Waals surface area contributed by atoms with Crippen LogP contribution < -0.4 is 4.74 Å². The number of carbonyl (C=O) groups excluding carboxylic acids is 1. The molecule has 3 aromatic carbocycles. The molecule has 1 aliphatic rings. The van der Waals surface area contributed by atoms with Crippen molar-refractivity contribution < 1.29 is 14.5 Å². The number of amidine groups is 1. The molecular formula is C25H21N3O4S. The van der Waals surface area contributed by atoms with Crippen molar-refractivity contribution in [3.05, 3.63) is 105 Å². The highest BCUT2D eigenvalue weighted by molar-refractivity contribution is 8.18.